The second-order valence-corrected chi connectivity index (χ2v) is 4.86. The molecule has 2 aromatic rings. The van der Waals surface area contributed by atoms with E-state index in [2.05, 4.69) is 5.32 Å². The van der Waals surface area contributed by atoms with Gasteiger partial charge >= 0.3 is 0 Å². The molecule has 0 aliphatic heterocycles. The van der Waals surface area contributed by atoms with Crippen LogP contribution >= 0.6 is 0 Å². The van der Waals surface area contributed by atoms with Crippen molar-refractivity contribution < 1.29 is 19.0 Å². The number of hydrogen-bond acceptors (Lipinski definition) is 4. The van der Waals surface area contributed by atoms with Crippen LogP contribution < -0.4 is 19.5 Å². The number of rotatable bonds is 7. The molecule has 5 heteroatoms. The van der Waals surface area contributed by atoms with Crippen molar-refractivity contribution in [2.75, 3.05) is 19.0 Å². The minimum Gasteiger partial charge on any atom is -0.497 e. The molecule has 0 aliphatic carbocycles. The third-order valence-corrected chi connectivity index (χ3v) is 3.18. The van der Waals surface area contributed by atoms with Gasteiger partial charge in [-0.25, -0.2) is 0 Å². The molecule has 0 saturated carbocycles. The third kappa shape index (κ3) is 4.64. The quantitative estimate of drug-likeness (QED) is 0.849. The Morgan fingerprint density at radius 3 is 2.35 bits per heavy atom. The van der Waals surface area contributed by atoms with Gasteiger partial charge in [0.25, 0.3) is 5.91 Å². The first-order valence-corrected chi connectivity index (χ1v) is 7.47. The zero-order valence-electron chi connectivity index (χ0n) is 13.5. The van der Waals surface area contributed by atoms with Gasteiger partial charge in [-0.3, -0.25) is 4.79 Å². The maximum Gasteiger partial charge on any atom is 0.265 e. The first-order chi connectivity index (χ1) is 11.1. The van der Waals surface area contributed by atoms with Gasteiger partial charge in [-0.05, 0) is 50.2 Å². The minimum atomic E-state index is -0.654. The Bertz CT molecular complexity index is 640. The van der Waals surface area contributed by atoms with Crippen LogP contribution in [-0.2, 0) is 4.79 Å². The van der Waals surface area contributed by atoms with E-state index >= 15 is 0 Å². The first kappa shape index (κ1) is 16.7. The molecule has 0 fully saturated rings. The molecule has 1 N–H and O–H groups in total. The molecular weight excluding hydrogens is 294 g/mol. The third-order valence-electron chi connectivity index (χ3n) is 3.18. The molecule has 5 nitrogen and oxygen atoms in total. The van der Waals surface area contributed by atoms with Gasteiger partial charge in [0.15, 0.2) is 17.6 Å². The highest BCUT2D eigenvalue weighted by Gasteiger charge is 2.17. The summed E-state index contributed by atoms with van der Waals surface area (Å²) in [5.74, 6) is 1.67. The van der Waals surface area contributed by atoms with E-state index in [1.165, 1.54) is 0 Å². The summed E-state index contributed by atoms with van der Waals surface area (Å²) < 4.78 is 16.3. The number of carbonyl (C=O) groups is 1. The number of amides is 1. The fraction of sp³-hybridized carbons (Fsp3) is 0.278. The molecule has 23 heavy (non-hydrogen) atoms. The Labute approximate surface area is 136 Å². The maximum absolute atomic E-state index is 12.2. The normalized spacial score (nSPS) is 11.4. The van der Waals surface area contributed by atoms with E-state index in [9.17, 15) is 4.79 Å². The van der Waals surface area contributed by atoms with E-state index in [1.54, 1.807) is 44.4 Å². The Morgan fingerprint density at radius 1 is 1.09 bits per heavy atom. The molecule has 0 aliphatic rings. The number of para-hydroxylation sites is 2. The molecule has 0 radical (unpaired) electrons. The van der Waals surface area contributed by atoms with Gasteiger partial charge in [-0.15, -0.1) is 0 Å². The van der Waals surface area contributed by atoms with Crippen LogP contribution in [0, 0.1) is 0 Å². The van der Waals surface area contributed by atoms with Crippen molar-refractivity contribution in [1.82, 2.24) is 0 Å². The second kappa shape index (κ2) is 8.08. The van der Waals surface area contributed by atoms with Crippen molar-refractivity contribution in [3.8, 4) is 17.2 Å². The van der Waals surface area contributed by atoms with E-state index in [4.69, 9.17) is 14.2 Å². The lowest BCUT2D eigenvalue weighted by atomic mass is 10.2. The summed E-state index contributed by atoms with van der Waals surface area (Å²) in [5, 5.41) is 2.80. The van der Waals surface area contributed by atoms with Crippen LogP contribution in [0.25, 0.3) is 0 Å². The van der Waals surface area contributed by atoms with Crippen molar-refractivity contribution >= 4 is 11.6 Å². The summed E-state index contributed by atoms with van der Waals surface area (Å²) in [6.07, 6.45) is -0.654. The number of nitrogens with one attached hydrogen (secondary N) is 1. The Morgan fingerprint density at radius 2 is 1.74 bits per heavy atom. The number of ether oxygens (including phenoxy) is 3. The minimum absolute atomic E-state index is 0.235. The van der Waals surface area contributed by atoms with Gasteiger partial charge in [-0.2, -0.15) is 0 Å². The summed E-state index contributed by atoms with van der Waals surface area (Å²) >= 11 is 0. The van der Waals surface area contributed by atoms with Crippen molar-refractivity contribution in [2.45, 2.75) is 20.0 Å². The van der Waals surface area contributed by atoms with E-state index in [0.717, 1.165) is 5.75 Å². The molecule has 1 atom stereocenters. The maximum atomic E-state index is 12.2. The van der Waals surface area contributed by atoms with Gasteiger partial charge in [-0.1, -0.05) is 12.1 Å². The predicted octanol–water partition coefficient (Wildman–Crippen LogP) is 3.50. The summed E-state index contributed by atoms with van der Waals surface area (Å²) in [4.78, 5) is 12.2. The summed E-state index contributed by atoms with van der Waals surface area (Å²) in [6, 6.07) is 14.4. The lowest BCUT2D eigenvalue weighted by Gasteiger charge is -2.17. The average Bonchev–Trinajstić information content (AvgIpc) is 2.57. The highest BCUT2D eigenvalue weighted by molar-refractivity contribution is 5.94. The van der Waals surface area contributed by atoms with Crippen molar-refractivity contribution in [3.05, 3.63) is 48.5 Å². The number of carbonyl (C=O) groups excluding carboxylic acids is 1. The SMILES string of the molecule is CCOc1ccccc1OC(C)C(=O)Nc1ccc(OC)cc1. The topological polar surface area (TPSA) is 56.8 Å². The van der Waals surface area contributed by atoms with Crippen LogP contribution in [0.2, 0.25) is 0 Å². The van der Waals surface area contributed by atoms with Crippen LogP contribution in [0.1, 0.15) is 13.8 Å². The molecule has 1 amide bonds. The number of methoxy groups -OCH3 is 1. The largest absolute Gasteiger partial charge is 0.497 e. The zero-order valence-corrected chi connectivity index (χ0v) is 13.5. The van der Waals surface area contributed by atoms with Crippen LogP contribution in [0.4, 0.5) is 5.69 Å². The summed E-state index contributed by atoms with van der Waals surface area (Å²) in [6.45, 7) is 4.13. The van der Waals surface area contributed by atoms with Crippen LogP contribution in [0.5, 0.6) is 17.2 Å². The highest BCUT2D eigenvalue weighted by atomic mass is 16.5. The van der Waals surface area contributed by atoms with E-state index in [1.807, 2.05) is 25.1 Å². The standard InChI is InChI=1S/C18H21NO4/c1-4-22-16-7-5-6-8-17(16)23-13(2)18(20)19-14-9-11-15(21-3)12-10-14/h5-13H,4H2,1-3H3,(H,19,20). The molecular formula is C18H21NO4. The van der Waals surface area contributed by atoms with E-state index < -0.39 is 6.10 Å². The average molecular weight is 315 g/mol. The van der Waals surface area contributed by atoms with Gasteiger partial charge in [0.1, 0.15) is 5.75 Å². The van der Waals surface area contributed by atoms with Crippen LogP contribution in [-0.4, -0.2) is 25.7 Å². The predicted molar refractivity (Wildman–Crippen MR) is 89.3 cm³/mol. The lowest BCUT2D eigenvalue weighted by Crippen LogP contribution is -2.30. The molecule has 1 unspecified atom stereocenters. The molecule has 2 rings (SSSR count). The number of anilines is 1. The molecule has 0 saturated heterocycles. The Hall–Kier alpha value is -2.69. The Balaban J connectivity index is 1.99. The van der Waals surface area contributed by atoms with Crippen molar-refractivity contribution in [3.63, 3.8) is 0 Å². The van der Waals surface area contributed by atoms with Crippen molar-refractivity contribution in [1.29, 1.82) is 0 Å². The first-order valence-electron chi connectivity index (χ1n) is 7.47. The van der Waals surface area contributed by atoms with Gasteiger partial charge < -0.3 is 19.5 Å². The highest BCUT2D eigenvalue weighted by Crippen LogP contribution is 2.27. The van der Waals surface area contributed by atoms with Crippen LogP contribution in [0.3, 0.4) is 0 Å². The molecule has 0 heterocycles. The molecule has 2 aromatic carbocycles. The monoisotopic (exact) mass is 315 g/mol. The number of hydrogen-bond donors (Lipinski definition) is 1. The smallest absolute Gasteiger partial charge is 0.265 e. The van der Waals surface area contributed by atoms with Crippen molar-refractivity contribution in [2.24, 2.45) is 0 Å². The number of benzene rings is 2. The lowest BCUT2D eigenvalue weighted by molar-refractivity contribution is -0.122. The second-order valence-electron chi connectivity index (χ2n) is 4.86. The Kier molecular flexibility index (Phi) is 5.86. The fourth-order valence-corrected chi connectivity index (χ4v) is 1.98. The molecule has 0 bridgehead atoms. The molecule has 0 spiro atoms. The van der Waals surface area contributed by atoms with E-state index in [0.29, 0.717) is 23.8 Å². The van der Waals surface area contributed by atoms with Gasteiger partial charge in [0, 0.05) is 5.69 Å². The fourth-order valence-electron chi connectivity index (χ4n) is 1.98. The van der Waals surface area contributed by atoms with E-state index in [-0.39, 0.29) is 5.91 Å². The molecule has 122 valence electrons. The van der Waals surface area contributed by atoms with Gasteiger partial charge in [0.05, 0.1) is 13.7 Å². The molecule has 0 aromatic heterocycles. The van der Waals surface area contributed by atoms with Crippen LogP contribution in [0.15, 0.2) is 48.5 Å². The zero-order chi connectivity index (χ0) is 16.7. The van der Waals surface area contributed by atoms with Gasteiger partial charge in [0.2, 0.25) is 0 Å². The summed E-state index contributed by atoms with van der Waals surface area (Å²) in [5.41, 5.74) is 0.685. The summed E-state index contributed by atoms with van der Waals surface area (Å²) in [7, 11) is 1.60.